The van der Waals surface area contributed by atoms with Gasteiger partial charge < -0.3 is 14.6 Å². The lowest BCUT2D eigenvalue weighted by atomic mass is 10.0. The molecule has 0 aliphatic heterocycles. The average molecular weight is 234 g/mol. The van der Waals surface area contributed by atoms with Gasteiger partial charge in [-0.1, -0.05) is 0 Å². The van der Waals surface area contributed by atoms with Crippen molar-refractivity contribution in [3.63, 3.8) is 0 Å². The summed E-state index contributed by atoms with van der Waals surface area (Å²) < 4.78 is 4.90. The van der Waals surface area contributed by atoms with E-state index in [-0.39, 0.29) is 22.3 Å². The standard InChI is InChI=1S/C12H10O5/c1-5-3-9(16)17-12-10(5)7(14)4-8(15)11(12)6(2)13/h3-4,14-15H,1-2H3. The Morgan fingerprint density at radius 3 is 2.47 bits per heavy atom. The molecule has 0 aliphatic carbocycles. The molecule has 1 aromatic carbocycles. The molecule has 5 heteroatoms. The Kier molecular flexibility index (Phi) is 2.38. The first-order valence-electron chi connectivity index (χ1n) is 4.92. The fraction of sp³-hybridized carbons (Fsp3) is 0.167. The first kappa shape index (κ1) is 11.2. The van der Waals surface area contributed by atoms with E-state index >= 15 is 0 Å². The number of phenolic OH excluding ortho intramolecular Hbond substituents is 2. The van der Waals surface area contributed by atoms with Crippen molar-refractivity contribution in [2.45, 2.75) is 13.8 Å². The first-order chi connectivity index (χ1) is 7.91. The Morgan fingerprint density at radius 2 is 1.88 bits per heavy atom. The molecule has 0 bridgehead atoms. The van der Waals surface area contributed by atoms with Crippen molar-refractivity contribution < 1.29 is 19.4 Å². The molecular weight excluding hydrogens is 224 g/mol. The van der Waals surface area contributed by atoms with Gasteiger partial charge in [0.15, 0.2) is 11.4 Å². The normalized spacial score (nSPS) is 10.7. The minimum atomic E-state index is -0.637. The molecule has 0 atom stereocenters. The monoisotopic (exact) mass is 234 g/mol. The lowest BCUT2D eigenvalue weighted by Crippen LogP contribution is -2.02. The SMILES string of the molecule is CC(=O)c1c(O)cc(O)c2c(C)cc(=O)oc12. The van der Waals surface area contributed by atoms with Crippen molar-refractivity contribution in [2.75, 3.05) is 0 Å². The maximum absolute atomic E-state index is 11.4. The first-order valence-corrected chi connectivity index (χ1v) is 4.92. The summed E-state index contributed by atoms with van der Waals surface area (Å²) in [7, 11) is 0. The van der Waals surface area contributed by atoms with E-state index in [9.17, 15) is 19.8 Å². The zero-order valence-electron chi connectivity index (χ0n) is 9.27. The molecule has 5 nitrogen and oxygen atoms in total. The van der Waals surface area contributed by atoms with Crippen LogP contribution in [0.15, 0.2) is 21.3 Å². The summed E-state index contributed by atoms with van der Waals surface area (Å²) in [6, 6.07) is 2.27. The minimum absolute atomic E-state index is 0.0833. The number of Topliss-reactive ketones (excluding diaryl/α,β-unsaturated/α-hetero) is 1. The molecule has 0 saturated heterocycles. The second-order valence-corrected chi connectivity index (χ2v) is 3.80. The number of rotatable bonds is 1. The molecule has 1 aromatic heterocycles. The molecule has 2 aromatic rings. The van der Waals surface area contributed by atoms with Crippen LogP contribution < -0.4 is 5.63 Å². The second kappa shape index (κ2) is 3.62. The molecule has 17 heavy (non-hydrogen) atoms. The van der Waals surface area contributed by atoms with Gasteiger partial charge in [0, 0.05) is 12.1 Å². The number of fused-ring (bicyclic) bond motifs is 1. The highest BCUT2D eigenvalue weighted by atomic mass is 16.4. The molecule has 0 unspecified atom stereocenters. The number of hydrogen-bond donors (Lipinski definition) is 2. The lowest BCUT2D eigenvalue weighted by Gasteiger charge is -2.08. The Labute approximate surface area is 95.9 Å². The van der Waals surface area contributed by atoms with Crippen molar-refractivity contribution >= 4 is 16.8 Å². The average Bonchev–Trinajstić information content (AvgIpc) is 2.13. The summed E-state index contributed by atoms with van der Waals surface area (Å²) in [5.74, 6) is -1.08. The number of carbonyl (C=O) groups is 1. The number of aryl methyl sites for hydroxylation is 1. The van der Waals surface area contributed by atoms with Crippen molar-refractivity contribution in [3.8, 4) is 11.5 Å². The molecule has 0 fully saturated rings. The predicted octanol–water partition coefficient (Wildman–Crippen LogP) is 1.72. The van der Waals surface area contributed by atoms with Gasteiger partial charge in [-0.05, 0) is 19.4 Å². The largest absolute Gasteiger partial charge is 0.507 e. The predicted molar refractivity (Wildman–Crippen MR) is 60.6 cm³/mol. The van der Waals surface area contributed by atoms with E-state index in [2.05, 4.69) is 0 Å². The number of hydrogen-bond acceptors (Lipinski definition) is 5. The molecule has 2 N–H and O–H groups in total. The summed E-state index contributed by atoms with van der Waals surface area (Å²) in [6.07, 6.45) is 0. The summed E-state index contributed by atoms with van der Waals surface area (Å²) >= 11 is 0. The van der Waals surface area contributed by atoms with E-state index < -0.39 is 17.2 Å². The van der Waals surface area contributed by atoms with E-state index in [1.807, 2.05) is 0 Å². The molecule has 0 saturated carbocycles. The molecule has 0 spiro atoms. The summed E-state index contributed by atoms with van der Waals surface area (Å²) in [5, 5.41) is 19.6. The van der Waals surface area contributed by atoms with Gasteiger partial charge in [-0.15, -0.1) is 0 Å². The highest BCUT2D eigenvalue weighted by Crippen LogP contribution is 2.35. The van der Waals surface area contributed by atoms with Crippen LogP contribution in [-0.2, 0) is 0 Å². The van der Waals surface area contributed by atoms with Crippen molar-refractivity contribution in [1.82, 2.24) is 0 Å². The topological polar surface area (TPSA) is 87.7 Å². The van der Waals surface area contributed by atoms with Gasteiger partial charge in [-0.2, -0.15) is 0 Å². The van der Waals surface area contributed by atoms with Crippen molar-refractivity contribution in [3.05, 3.63) is 33.7 Å². The van der Waals surface area contributed by atoms with E-state index in [1.165, 1.54) is 13.0 Å². The minimum Gasteiger partial charge on any atom is -0.507 e. The van der Waals surface area contributed by atoms with Gasteiger partial charge in [0.1, 0.15) is 17.1 Å². The van der Waals surface area contributed by atoms with E-state index in [0.717, 1.165) is 6.07 Å². The second-order valence-electron chi connectivity index (χ2n) is 3.80. The third kappa shape index (κ3) is 1.65. The third-order valence-electron chi connectivity index (χ3n) is 2.52. The van der Waals surface area contributed by atoms with Crippen LogP contribution in [0.1, 0.15) is 22.8 Å². The fourth-order valence-electron chi connectivity index (χ4n) is 1.83. The molecule has 88 valence electrons. The summed E-state index contributed by atoms with van der Waals surface area (Å²) in [5.41, 5.74) is -0.336. The summed E-state index contributed by atoms with van der Waals surface area (Å²) in [4.78, 5) is 22.7. The molecule has 0 amide bonds. The highest BCUT2D eigenvalue weighted by molar-refractivity contribution is 6.09. The van der Waals surface area contributed by atoms with Gasteiger partial charge in [0.2, 0.25) is 0 Å². The molecule has 1 heterocycles. The van der Waals surface area contributed by atoms with Crippen LogP contribution >= 0.6 is 0 Å². The van der Waals surface area contributed by atoms with Crippen LogP contribution in [-0.4, -0.2) is 16.0 Å². The van der Waals surface area contributed by atoms with Crippen LogP contribution in [0, 0.1) is 6.92 Å². The van der Waals surface area contributed by atoms with Crippen LogP contribution in [0.25, 0.3) is 11.0 Å². The van der Waals surface area contributed by atoms with Gasteiger partial charge in [0.25, 0.3) is 0 Å². The lowest BCUT2D eigenvalue weighted by molar-refractivity contribution is 0.101. The Morgan fingerprint density at radius 1 is 1.24 bits per heavy atom. The van der Waals surface area contributed by atoms with E-state index in [1.54, 1.807) is 6.92 Å². The van der Waals surface area contributed by atoms with Crippen LogP contribution in [0.3, 0.4) is 0 Å². The third-order valence-corrected chi connectivity index (χ3v) is 2.52. The quantitative estimate of drug-likeness (QED) is 0.579. The zero-order chi connectivity index (χ0) is 12.7. The molecule has 0 aliphatic rings. The zero-order valence-corrected chi connectivity index (χ0v) is 9.27. The summed E-state index contributed by atoms with van der Waals surface area (Å²) in [6.45, 7) is 2.85. The van der Waals surface area contributed by atoms with E-state index in [4.69, 9.17) is 4.42 Å². The van der Waals surface area contributed by atoms with E-state index in [0.29, 0.717) is 5.56 Å². The number of benzene rings is 1. The number of phenols is 2. The maximum atomic E-state index is 11.4. The molecular formula is C12H10O5. The van der Waals surface area contributed by atoms with Crippen LogP contribution in [0.2, 0.25) is 0 Å². The molecule has 0 radical (unpaired) electrons. The number of carbonyl (C=O) groups excluding carboxylic acids is 1. The van der Waals surface area contributed by atoms with Gasteiger partial charge in [0.05, 0.1) is 5.39 Å². The van der Waals surface area contributed by atoms with Crippen molar-refractivity contribution in [2.24, 2.45) is 0 Å². The van der Waals surface area contributed by atoms with Gasteiger partial charge in [-0.25, -0.2) is 4.79 Å². The highest BCUT2D eigenvalue weighted by Gasteiger charge is 2.19. The Balaban J connectivity index is 3.10. The Hall–Kier alpha value is -2.30. The fourth-order valence-corrected chi connectivity index (χ4v) is 1.83. The molecule has 2 rings (SSSR count). The number of ketones is 1. The smallest absolute Gasteiger partial charge is 0.336 e. The van der Waals surface area contributed by atoms with Crippen molar-refractivity contribution in [1.29, 1.82) is 0 Å². The van der Waals surface area contributed by atoms with Gasteiger partial charge in [-0.3, -0.25) is 4.79 Å². The maximum Gasteiger partial charge on any atom is 0.336 e. The van der Waals surface area contributed by atoms with Gasteiger partial charge >= 0.3 is 5.63 Å². The number of aromatic hydroxyl groups is 2. The van der Waals surface area contributed by atoms with Crippen LogP contribution in [0.4, 0.5) is 0 Å². The Bertz CT molecular complexity index is 681. The van der Waals surface area contributed by atoms with Crippen LogP contribution in [0.5, 0.6) is 11.5 Å².